The third-order valence-corrected chi connectivity index (χ3v) is 2.42. The monoisotopic (exact) mass is 312 g/mol. The number of methoxy groups -OCH3 is 1. The first-order valence-electron chi connectivity index (χ1n) is 5.95. The number of carbonyl (C=O) groups is 1. The summed E-state index contributed by atoms with van der Waals surface area (Å²) in [4.78, 5) is 27.2. The highest BCUT2D eigenvalue weighted by atomic mass is 35.5. The molecule has 0 aliphatic carbocycles. The molecular formula is C10H13ClN8O2. The van der Waals surface area contributed by atoms with Crippen molar-refractivity contribution in [1.29, 1.82) is 0 Å². The number of aromatic nitrogens is 6. The van der Waals surface area contributed by atoms with Gasteiger partial charge in [0, 0.05) is 13.7 Å². The standard InChI is InChI=1S/C10H13ClN8O2/c1-21-3-2-13-7(20)4-14-9-16-8(11)17-10(18-9)19-6-12-5-15-19/h5-6H,2-4H2,1H3,(H,13,20)(H,14,16,17,18). The van der Waals surface area contributed by atoms with Gasteiger partial charge in [-0.25, -0.2) is 4.98 Å². The number of nitrogens with one attached hydrogen (secondary N) is 2. The van der Waals surface area contributed by atoms with Crippen molar-refractivity contribution < 1.29 is 9.53 Å². The predicted molar refractivity (Wildman–Crippen MR) is 73.1 cm³/mol. The molecule has 0 bridgehead atoms. The first-order chi connectivity index (χ1) is 10.2. The summed E-state index contributed by atoms with van der Waals surface area (Å²) in [5, 5.41) is 9.28. The van der Waals surface area contributed by atoms with Crippen LogP contribution in [0.2, 0.25) is 5.28 Å². The van der Waals surface area contributed by atoms with Crippen LogP contribution in [0.1, 0.15) is 0 Å². The lowest BCUT2D eigenvalue weighted by atomic mass is 10.5. The van der Waals surface area contributed by atoms with Crippen molar-refractivity contribution in [3.05, 3.63) is 17.9 Å². The van der Waals surface area contributed by atoms with E-state index in [4.69, 9.17) is 16.3 Å². The molecule has 21 heavy (non-hydrogen) atoms. The molecular weight excluding hydrogens is 300 g/mol. The lowest BCUT2D eigenvalue weighted by Gasteiger charge is -2.07. The molecule has 0 spiro atoms. The van der Waals surface area contributed by atoms with Crippen LogP contribution in [0.4, 0.5) is 5.95 Å². The molecule has 0 saturated heterocycles. The minimum Gasteiger partial charge on any atom is -0.383 e. The summed E-state index contributed by atoms with van der Waals surface area (Å²) in [5.41, 5.74) is 0. The maximum Gasteiger partial charge on any atom is 0.258 e. The van der Waals surface area contributed by atoms with Crippen LogP contribution >= 0.6 is 11.6 Å². The summed E-state index contributed by atoms with van der Waals surface area (Å²) >= 11 is 5.80. The van der Waals surface area contributed by atoms with Gasteiger partial charge in [0.1, 0.15) is 12.7 Å². The molecule has 11 heteroatoms. The van der Waals surface area contributed by atoms with Gasteiger partial charge in [0.05, 0.1) is 13.2 Å². The second-order valence-electron chi connectivity index (χ2n) is 3.76. The van der Waals surface area contributed by atoms with E-state index in [9.17, 15) is 4.79 Å². The van der Waals surface area contributed by atoms with Crippen LogP contribution in [0.25, 0.3) is 5.95 Å². The average Bonchev–Trinajstić information content (AvgIpc) is 2.99. The molecule has 0 aliphatic rings. The molecule has 2 heterocycles. The number of hydrogen-bond acceptors (Lipinski definition) is 8. The quantitative estimate of drug-likeness (QED) is 0.643. The van der Waals surface area contributed by atoms with Gasteiger partial charge in [-0.2, -0.15) is 24.7 Å². The number of nitrogens with zero attached hydrogens (tertiary/aromatic N) is 6. The molecule has 2 rings (SSSR count). The largest absolute Gasteiger partial charge is 0.383 e. The summed E-state index contributed by atoms with van der Waals surface area (Å²) in [7, 11) is 1.56. The lowest BCUT2D eigenvalue weighted by molar-refractivity contribution is -0.119. The maximum absolute atomic E-state index is 11.5. The number of carbonyl (C=O) groups excluding carboxylic acids is 1. The molecule has 0 unspecified atom stereocenters. The summed E-state index contributed by atoms with van der Waals surface area (Å²) in [6, 6.07) is 0. The van der Waals surface area contributed by atoms with Crippen LogP contribution in [-0.2, 0) is 9.53 Å². The Labute approximate surface area is 124 Å². The Hall–Kier alpha value is -2.33. The van der Waals surface area contributed by atoms with Gasteiger partial charge in [-0.15, -0.1) is 0 Å². The van der Waals surface area contributed by atoms with Gasteiger partial charge in [0.2, 0.25) is 17.1 Å². The fraction of sp³-hybridized carbons (Fsp3) is 0.400. The first-order valence-corrected chi connectivity index (χ1v) is 6.33. The highest BCUT2D eigenvalue weighted by Gasteiger charge is 2.08. The summed E-state index contributed by atoms with van der Waals surface area (Å²) < 4.78 is 6.16. The Bertz CT molecular complexity index is 591. The van der Waals surface area contributed by atoms with Crippen molar-refractivity contribution >= 4 is 23.5 Å². The fourth-order valence-corrected chi connectivity index (χ4v) is 1.50. The van der Waals surface area contributed by atoms with Gasteiger partial charge in [0.25, 0.3) is 5.95 Å². The smallest absolute Gasteiger partial charge is 0.258 e. The van der Waals surface area contributed by atoms with E-state index in [1.807, 2.05) is 0 Å². The van der Waals surface area contributed by atoms with Crippen molar-refractivity contribution in [2.45, 2.75) is 0 Å². The number of halogens is 1. The lowest BCUT2D eigenvalue weighted by Crippen LogP contribution is -2.32. The predicted octanol–water partition coefficient (Wildman–Crippen LogP) is -0.720. The molecule has 112 valence electrons. The van der Waals surface area contributed by atoms with E-state index in [0.29, 0.717) is 13.2 Å². The van der Waals surface area contributed by atoms with Crippen LogP contribution in [0.5, 0.6) is 0 Å². The molecule has 2 aromatic heterocycles. The minimum absolute atomic E-state index is 0.000847. The molecule has 1 amide bonds. The molecule has 2 aromatic rings. The summed E-state index contributed by atoms with van der Waals surface area (Å²) in [6.45, 7) is 0.875. The topological polar surface area (TPSA) is 120 Å². The van der Waals surface area contributed by atoms with Crippen LogP contribution in [-0.4, -0.2) is 62.4 Å². The van der Waals surface area contributed by atoms with Crippen molar-refractivity contribution in [1.82, 2.24) is 35.0 Å². The number of anilines is 1. The second-order valence-corrected chi connectivity index (χ2v) is 4.10. The third kappa shape index (κ3) is 4.61. The van der Waals surface area contributed by atoms with E-state index in [-0.39, 0.29) is 29.6 Å². The number of ether oxygens (including phenoxy) is 1. The van der Waals surface area contributed by atoms with Crippen molar-refractivity contribution in [3.63, 3.8) is 0 Å². The zero-order valence-electron chi connectivity index (χ0n) is 11.2. The van der Waals surface area contributed by atoms with E-state index >= 15 is 0 Å². The van der Waals surface area contributed by atoms with E-state index < -0.39 is 0 Å². The fourth-order valence-electron chi connectivity index (χ4n) is 1.35. The Morgan fingerprint density at radius 2 is 2.29 bits per heavy atom. The van der Waals surface area contributed by atoms with E-state index in [0.717, 1.165) is 0 Å². The van der Waals surface area contributed by atoms with Crippen LogP contribution in [0, 0.1) is 0 Å². The highest BCUT2D eigenvalue weighted by Crippen LogP contribution is 2.08. The maximum atomic E-state index is 11.5. The van der Waals surface area contributed by atoms with Crippen LogP contribution < -0.4 is 10.6 Å². The van der Waals surface area contributed by atoms with Gasteiger partial charge in [-0.3, -0.25) is 4.79 Å². The highest BCUT2D eigenvalue weighted by molar-refractivity contribution is 6.28. The second kappa shape index (κ2) is 7.45. The van der Waals surface area contributed by atoms with E-state index in [1.165, 1.54) is 17.3 Å². The summed E-state index contributed by atoms with van der Waals surface area (Å²) in [5.74, 6) is 0.156. The van der Waals surface area contributed by atoms with Crippen LogP contribution in [0.3, 0.4) is 0 Å². The van der Waals surface area contributed by atoms with Gasteiger partial charge in [-0.1, -0.05) is 0 Å². The van der Waals surface area contributed by atoms with E-state index in [1.54, 1.807) is 7.11 Å². The van der Waals surface area contributed by atoms with Crippen LogP contribution in [0.15, 0.2) is 12.7 Å². The zero-order chi connectivity index (χ0) is 15.1. The van der Waals surface area contributed by atoms with Gasteiger partial charge in [0.15, 0.2) is 0 Å². The molecule has 0 saturated carbocycles. The Morgan fingerprint density at radius 1 is 1.43 bits per heavy atom. The van der Waals surface area contributed by atoms with Gasteiger partial charge < -0.3 is 15.4 Å². The zero-order valence-corrected chi connectivity index (χ0v) is 11.9. The Kier molecular flexibility index (Phi) is 5.35. The molecule has 0 radical (unpaired) electrons. The molecule has 0 fully saturated rings. The summed E-state index contributed by atoms with van der Waals surface area (Å²) in [6.07, 6.45) is 2.76. The normalized spacial score (nSPS) is 10.4. The SMILES string of the molecule is COCCNC(=O)CNc1nc(Cl)nc(-n2cncn2)n1. The van der Waals surface area contributed by atoms with E-state index in [2.05, 4.69) is 35.7 Å². The number of rotatable bonds is 7. The van der Waals surface area contributed by atoms with Crippen molar-refractivity contribution in [2.24, 2.45) is 0 Å². The number of hydrogen-bond donors (Lipinski definition) is 2. The average molecular weight is 313 g/mol. The molecule has 10 nitrogen and oxygen atoms in total. The Morgan fingerprint density at radius 3 is 3.00 bits per heavy atom. The van der Waals surface area contributed by atoms with Gasteiger partial charge in [-0.05, 0) is 11.6 Å². The van der Waals surface area contributed by atoms with Gasteiger partial charge >= 0.3 is 0 Å². The van der Waals surface area contributed by atoms with Crippen molar-refractivity contribution in [3.8, 4) is 5.95 Å². The molecule has 0 atom stereocenters. The van der Waals surface area contributed by atoms with Crippen molar-refractivity contribution in [2.75, 3.05) is 32.1 Å². The third-order valence-electron chi connectivity index (χ3n) is 2.26. The molecule has 2 N–H and O–H groups in total. The molecule has 0 aromatic carbocycles. The first kappa shape index (κ1) is 15.1. The number of amides is 1. The molecule has 0 aliphatic heterocycles. The Balaban J connectivity index is 1.96. The minimum atomic E-state index is -0.217.